The highest BCUT2D eigenvalue weighted by Crippen LogP contribution is 2.33. The van der Waals surface area contributed by atoms with Gasteiger partial charge < -0.3 is 33.9 Å². The van der Waals surface area contributed by atoms with Gasteiger partial charge in [0.15, 0.2) is 0 Å². The summed E-state index contributed by atoms with van der Waals surface area (Å²) in [6.07, 6.45) is 4.80. The molecule has 0 radical (unpaired) electrons. The van der Waals surface area contributed by atoms with Crippen LogP contribution in [0, 0.1) is 0 Å². The van der Waals surface area contributed by atoms with E-state index in [0.29, 0.717) is 45.3 Å². The Hall–Kier alpha value is -4.37. The van der Waals surface area contributed by atoms with Crippen LogP contribution in [0.5, 0.6) is 0 Å². The average Bonchev–Trinajstić information content (AvgIpc) is 3.51. The van der Waals surface area contributed by atoms with E-state index in [-0.39, 0.29) is 11.9 Å². The number of piperidine rings is 1. The second kappa shape index (κ2) is 17.0. The standard InChI is InChI=1S/C40H56N8O5Si/c1-40(2,3)53-39(50)44-31-9-8-16-46(26-31)25-29-14-15-41-34(23-29)38(49)45(4)32-12-10-30(11-13-32)35-24-33-36(47-17-19-51-20-18-47)42-27-43-37(33)48(35)28-52-21-22-54(5,6)7/h10-15,23-24,27,31H,8-9,16-22,25-26,28H2,1-7H3,(H,44,50)/t31-/m1/s1. The number of likely N-dealkylation sites (tertiary alicyclic amines) is 1. The van der Waals surface area contributed by atoms with E-state index >= 15 is 0 Å². The summed E-state index contributed by atoms with van der Waals surface area (Å²) in [4.78, 5) is 46.2. The highest BCUT2D eigenvalue weighted by Gasteiger charge is 2.26. The molecule has 1 atom stereocenters. The summed E-state index contributed by atoms with van der Waals surface area (Å²) in [5.41, 5.74) is 4.38. The van der Waals surface area contributed by atoms with Crippen LogP contribution < -0.4 is 15.1 Å². The molecular weight excluding hydrogens is 701 g/mol. The molecule has 5 heterocycles. The van der Waals surface area contributed by atoms with E-state index in [1.807, 2.05) is 57.2 Å². The third-order valence-electron chi connectivity index (χ3n) is 9.73. The maximum absolute atomic E-state index is 13.8. The molecule has 2 amide bonds. The SMILES string of the molecule is CN(C(=O)c1cc(CN2CCC[C@@H](NC(=O)OC(C)(C)C)C2)ccn1)c1ccc(-c2cc3c(N4CCOCC4)ncnc3n2COCC[Si](C)(C)C)cc1. The Bertz CT molecular complexity index is 1900. The quantitative estimate of drug-likeness (QED) is 0.128. The molecule has 0 aliphatic carbocycles. The lowest BCUT2D eigenvalue weighted by Gasteiger charge is -2.33. The van der Waals surface area contributed by atoms with E-state index in [4.69, 9.17) is 24.2 Å². The van der Waals surface area contributed by atoms with Gasteiger partial charge in [-0.15, -0.1) is 0 Å². The Kier molecular flexibility index (Phi) is 12.4. The minimum atomic E-state index is -1.25. The van der Waals surface area contributed by atoms with E-state index < -0.39 is 19.8 Å². The zero-order valence-electron chi connectivity index (χ0n) is 32.9. The molecule has 2 fully saturated rings. The number of carbonyl (C=O) groups is 2. The lowest BCUT2D eigenvalue weighted by molar-refractivity contribution is 0.0470. The van der Waals surface area contributed by atoms with Gasteiger partial charge in [-0.2, -0.15) is 0 Å². The number of hydrogen-bond acceptors (Lipinski definition) is 10. The Labute approximate surface area is 320 Å². The Balaban J connectivity index is 1.16. The van der Waals surface area contributed by atoms with E-state index in [1.54, 1.807) is 24.5 Å². The molecule has 290 valence electrons. The summed E-state index contributed by atoms with van der Waals surface area (Å²) in [6.45, 7) is 18.9. The van der Waals surface area contributed by atoms with Crippen molar-refractivity contribution in [2.45, 2.75) is 84.2 Å². The Morgan fingerprint density at radius 2 is 1.78 bits per heavy atom. The first-order valence-corrected chi connectivity index (χ1v) is 22.7. The summed E-state index contributed by atoms with van der Waals surface area (Å²) in [5, 5.41) is 3.99. The number of hydrogen-bond donors (Lipinski definition) is 1. The van der Waals surface area contributed by atoms with Gasteiger partial charge >= 0.3 is 6.09 Å². The van der Waals surface area contributed by atoms with Gasteiger partial charge in [0.25, 0.3) is 5.91 Å². The smallest absolute Gasteiger partial charge is 0.407 e. The van der Waals surface area contributed by atoms with Gasteiger partial charge in [-0.25, -0.2) is 14.8 Å². The molecule has 54 heavy (non-hydrogen) atoms. The molecule has 0 bridgehead atoms. The van der Waals surface area contributed by atoms with Gasteiger partial charge in [0.2, 0.25) is 0 Å². The van der Waals surface area contributed by atoms with Crippen molar-refractivity contribution in [2.75, 3.05) is 62.8 Å². The van der Waals surface area contributed by atoms with Crippen LogP contribution in [0.4, 0.5) is 16.3 Å². The fourth-order valence-electron chi connectivity index (χ4n) is 6.87. The molecule has 1 N–H and O–H groups in total. The van der Waals surface area contributed by atoms with Gasteiger partial charge in [-0.3, -0.25) is 14.7 Å². The molecule has 13 nitrogen and oxygen atoms in total. The van der Waals surface area contributed by atoms with Crippen molar-refractivity contribution in [3.8, 4) is 11.3 Å². The first-order valence-electron chi connectivity index (χ1n) is 19.0. The summed E-state index contributed by atoms with van der Waals surface area (Å²) in [5.74, 6) is 0.711. The summed E-state index contributed by atoms with van der Waals surface area (Å²) >= 11 is 0. The fourth-order valence-corrected chi connectivity index (χ4v) is 7.62. The van der Waals surface area contributed by atoms with Crippen molar-refractivity contribution < 1.29 is 23.8 Å². The monoisotopic (exact) mass is 756 g/mol. The number of morpholine rings is 1. The topological polar surface area (TPSA) is 127 Å². The molecule has 3 aromatic heterocycles. The molecule has 14 heteroatoms. The molecular formula is C40H56N8O5Si. The molecule has 2 saturated heterocycles. The molecule has 0 spiro atoms. The number of nitrogens with one attached hydrogen (secondary N) is 1. The third-order valence-corrected chi connectivity index (χ3v) is 11.4. The van der Waals surface area contributed by atoms with Crippen LogP contribution in [-0.4, -0.2) is 109 Å². The van der Waals surface area contributed by atoms with Gasteiger partial charge in [0, 0.05) is 65.8 Å². The van der Waals surface area contributed by atoms with Crippen LogP contribution in [0.1, 0.15) is 49.7 Å². The Morgan fingerprint density at radius 3 is 2.50 bits per heavy atom. The number of nitrogens with zero attached hydrogens (tertiary/aromatic N) is 7. The minimum absolute atomic E-state index is 0.00845. The molecule has 2 aliphatic heterocycles. The zero-order chi connectivity index (χ0) is 38.5. The van der Waals surface area contributed by atoms with E-state index in [1.165, 1.54) is 0 Å². The molecule has 0 saturated carbocycles. The van der Waals surface area contributed by atoms with Crippen molar-refractivity contribution in [1.82, 2.24) is 29.7 Å². The van der Waals surface area contributed by atoms with Gasteiger partial charge in [-0.1, -0.05) is 31.8 Å². The lowest BCUT2D eigenvalue weighted by atomic mass is 10.0. The average molecular weight is 757 g/mol. The number of benzene rings is 1. The van der Waals surface area contributed by atoms with E-state index in [0.717, 1.165) is 77.9 Å². The number of alkyl carbamates (subject to hydrolysis) is 1. The predicted molar refractivity (Wildman–Crippen MR) is 215 cm³/mol. The number of fused-ring (bicyclic) bond motifs is 1. The number of aromatic nitrogens is 4. The maximum atomic E-state index is 13.8. The van der Waals surface area contributed by atoms with Crippen molar-refractivity contribution in [2.24, 2.45) is 0 Å². The summed E-state index contributed by atoms with van der Waals surface area (Å²) in [7, 11) is 0.521. The fraction of sp³-hybridized carbons (Fsp3) is 0.525. The van der Waals surface area contributed by atoms with Crippen LogP contribution in [0.3, 0.4) is 0 Å². The molecule has 1 aromatic carbocycles. The van der Waals surface area contributed by atoms with Gasteiger partial charge in [0.1, 0.15) is 35.8 Å². The van der Waals surface area contributed by atoms with Crippen LogP contribution in [0.25, 0.3) is 22.3 Å². The number of pyridine rings is 1. The van der Waals surface area contributed by atoms with Crippen LogP contribution in [0.2, 0.25) is 25.7 Å². The first kappa shape index (κ1) is 39.3. The van der Waals surface area contributed by atoms with Crippen LogP contribution >= 0.6 is 0 Å². The summed E-state index contributed by atoms with van der Waals surface area (Å²) < 4.78 is 19.5. The van der Waals surface area contributed by atoms with Crippen molar-refractivity contribution in [1.29, 1.82) is 0 Å². The lowest BCUT2D eigenvalue weighted by Crippen LogP contribution is -2.48. The number of rotatable bonds is 12. The van der Waals surface area contributed by atoms with Gasteiger partial charge in [0.05, 0.1) is 24.3 Å². The normalized spacial score (nSPS) is 17.1. The molecule has 6 rings (SSSR count). The largest absolute Gasteiger partial charge is 0.444 e. The van der Waals surface area contributed by atoms with Gasteiger partial charge in [-0.05, 0) is 87.7 Å². The number of anilines is 2. The maximum Gasteiger partial charge on any atom is 0.407 e. The second-order valence-corrected chi connectivity index (χ2v) is 22.1. The second-order valence-electron chi connectivity index (χ2n) is 16.5. The van der Waals surface area contributed by atoms with E-state index in [9.17, 15) is 9.59 Å². The highest BCUT2D eigenvalue weighted by molar-refractivity contribution is 6.76. The number of amides is 2. The zero-order valence-corrected chi connectivity index (χ0v) is 33.9. The minimum Gasteiger partial charge on any atom is -0.444 e. The van der Waals surface area contributed by atoms with Crippen LogP contribution in [-0.2, 0) is 27.5 Å². The number of ether oxygens (including phenoxy) is 3. The summed E-state index contributed by atoms with van der Waals surface area (Å²) in [6, 6.07) is 15.1. The van der Waals surface area contributed by atoms with Crippen LogP contribution in [0.15, 0.2) is 55.0 Å². The number of carbonyl (C=O) groups excluding carboxylic acids is 2. The highest BCUT2D eigenvalue weighted by atomic mass is 28.3. The van der Waals surface area contributed by atoms with E-state index in [2.05, 4.69) is 50.4 Å². The molecule has 0 unspecified atom stereocenters. The third kappa shape index (κ3) is 10.2. The molecule has 4 aromatic rings. The van der Waals surface area contributed by atoms with Crippen molar-refractivity contribution in [3.05, 3.63) is 66.2 Å². The molecule has 2 aliphatic rings. The predicted octanol–water partition coefficient (Wildman–Crippen LogP) is 6.41. The first-order chi connectivity index (χ1) is 25.7. The Morgan fingerprint density at radius 1 is 1.02 bits per heavy atom. The van der Waals surface area contributed by atoms with Crippen molar-refractivity contribution >= 4 is 42.6 Å². The van der Waals surface area contributed by atoms with Crippen molar-refractivity contribution in [3.63, 3.8) is 0 Å².